The van der Waals surface area contributed by atoms with Gasteiger partial charge in [-0.2, -0.15) is 0 Å². The van der Waals surface area contributed by atoms with Crippen LogP contribution in [0, 0.1) is 5.41 Å². The Balaban J connectivity index is 2.32. The average molecular weight is 725 g/mol. The molecule has 0 saturated heterocycles. The quantitative estimate of drug-likeness (QED) is 0.0355. The molecule has 1 rings (SSSR count). The lowest BCUT2D eigenvalue weighted by Gasteiger charge is -2.18. The minimum atomic E-state index is -0.428. The lowest BCUT2D eigenvalue weighted by molar-refractivity contribution is -0.123. The minimum absolute atomic E-state index is 0.139. The van der Waals surface area contributed by atoms with Gasteiger partial charge in [-0.15, -0.1) is 0 Å². The Bertz CT molecular complexity index is 808. The van der Waals surface area contributed by atoms with Gasteiger partial charge in [0.05, 0.1) is 118 Å². The van der Waals surface area contributed by atoms with Gasteiger partial charge in [0.1, 0.15) is 0 Å². The largest absolute Gasteiger partial charge is 0.380 e. The van der Waals surface area contributed by atoms with Gasteiger partial charge in [-0.3, -0.25) is 14.4 Å². The van der Waals surface area contributed by atoms with Crippen molar-refractivity contribution in [2.75, 3.05) is 152 Å². The van der Waals surface area contributed by atoms with Crippen molar-refractivity contribution in [2.24, 2.45) is 22.6 Å². The standard InChI is InChI=1S/C32H64N6O12/c33-4-13-42-19-22-45-16-7-36-29(39)1-10-48-26-32(27-49-11-2-30(40)37-8-17-46-23-20-43-14-5-34)25-28(32)50-12-3-31(41)38-9-18-47-24-21-44-15-6-35/h28H,1-27,33-35H2,(H,36,39)(H,37,40)(H,38,41). The van der Waals surface area contributed by atoms with Gasteiger partial charge in [0, 0.05) is 63.9 Å². The van der Waals surface area contributed by atoms with E-state index >= 15 is 0 Å². The molecule has 0 spiro atoms. The highest BCUT2D eigenvalue weighted by Crippen LogP contribution is 2.49. The zero-order valence-electron chi connectivity index (χ0n) is 29.8. The second-order valence-corrected chi connectivity index (χ2v) is 11.4. The first-order valence-electron chi connectivity index (χ1n) is 17.6. The van der Waals surface area contributed by atoms with E-state index in [0.717, 1.165) is 0 Å². The molecule has 0 aromatic rings. The molecule has 0 aliphatic heterocycles. The van der Waals surface area contributed by atoms with E-state index in [1.807, 2.05) is 0 Å². The molecule has 50 heavy (non-hydrogen) atoms. The number of carbonyl (C=O) groups is 3. The summed E-state index contributed by atoms with van der Waals surface area (Å²) in [7, 11) is 0. The van der Waals surface area contributed by atoms with Crippen LogP contribution in [0.5, 0.6) is 0 Å². The smallest absolute Gasteiger partial charge is 0.222 e. The van der Waals surface area contributed by atoms with Crippen LogP contribution < -0.4 is 33.2 Å². The summed E-state index contributed by atoms with van der Waals surface area (Å²) in [6, 6.07) is 0. The molecule has 1 unspecified atom stereocenters. The maximum Gasteiger partial charge on any atom is 0.222 e. The number of nitrogens with two attached hydrogens (primary N) is 3. The molecule has 3 amide bonds. The van der Waals surface area contributed by atoms with E-state index in [1.54, 1.807) is 0 Å². The fraction of sp³-hybridized carbons (Fsp3) is 0.906. The van der Waals surface area contributed by atoms with Gasteiger partial charge in [0.2, 0.25) is 17.7 Å². The van der Waals surface area contributed by atoms with Crippen molar-refractivity contribution >= 4 is 17.7 Å². The molecular weight excluding hydrogens is 660 g/mol. The molecule has 0 aromatic heterocycles. The van der Waals surface area contributed by atoms with Crippen LogP contribution in [0.1, 0.15) is 25.7 Å². The highest BCUT2D eigenvalue weighted by Gasteiger charge is 2.56. The zero-order chi connectivity index (χ0) is 36.4. The molecule has 1 saturated carbocycles. The first-order valence-corrected chi connectivity index (χ1v) is 17.6. The number of hydrogen-bond acceptors (Lipinski definition) is 15. The molecule has 1 aliphatic carbocycles. The lowest BCUT2D eigenvalue weighted by Crippen LogP contribution is -2.30. The summed E-state index contributed by atoms with van der Waals surface area (Å²) in [5.41, 5.74) is 15.7. The molecular formula is C32H64N6O12. The number of carbonyl (C=O) groups excluding carboxylic acids is 3. The van der Waals surface area contributed by atoms with Gasteiger partial charge >= 0.3 is 0 Å². The molecule has 0 heterocycles. The Morgan fingerprint density at radius 2 is 0.800 bits per heavy atom. The first-order chi connectivity index (χ1) is 24.5. The number of nitrogens with one attached hydrogen (secondary N) is 3. The van der Waals surface area contributed by atoms with Crippen molar-refractivity contribution in [1.82, 2.24) is 16.0 Å². The monoisotopic (exact) mass is 724 g/mol. The summed E-state index contributed by atoms with van der Waals surface area (Å²) in [6.45, 7) is 9.16. The van der Waals surface area contributed by atoms with Crippen molar-refractivity contribution in [3.8, 4) is 0 Å². The Labute approximate surface area is 296 Å². The third kappa shape index (κ3) is 26.7. The van der Waals surface area contributed by atoms with Crippen molar-refractivity contribution < 1.29 is 57.0 Å². The van der Waals surface area contributed by atoms with Crippen molar-refractivity contribution in [3.05, 3.63) is 0 Å². The normalized spacial score (nSPS) is 14.8. The van der Waals surface area contributed by atoms with Gasteiger partial charge in [0.25, 0.3) is 0 Å². The predicted octanol–water partition coefficient (Wildman–Crippen LogP) is -2.71. The van der Waals surface area contributed by atoms with E-state index < -0.39 is 5.41 Å². The fourth-order valence-electron chi connectivity index (χ4n) is 4.33. The Morgan fingerprint density at radius 1 is 0.460 bits per heavy atom. The molecule has 1 fully saturated rings. The summed E-state index contributed by atoms with van der Waals surface area (Å²) in [4.78, 5) is 36.6. The van der Waals surface area contributed by atoms with Crippen LogP contribution in [-0.4, -0.2) is 175 Å². The molecule has 294 valence electrons. The average Bonchev–Trinajstić information content (AvgIpc) is 3.80. The number of rotatable bonds is 38. The molecule has 0 bridgehead atoms. The lowest BCUT2D eigenvalue weighted by atomic mass is 10.1. The number of ether oxygens (including phenoxy) is 9. The van der Waals surface area contributed by atoms with Gasteiger partial charge in [0.15, 0.2) is 0 Å². The number of amides is 3. The van der Waals surface area contributed by atoms with Gasteiger partial charge in [-0.1, -0.05) is 0 Å². The van der Waals surface area contributed by atoms with E-state index in [9.17, 15) is 14.4 Å². The topological polar surface area (TPSA) is 248 Å². The molecule has 0 aromatic carbocycles. The maximum atomic E-state index is 12.2. The van der Waals surface area contributed by atoms with E-state index in [-0.39, 0.29) is 62.9 Å². The Morgan fingerprint density at radius 3 is 1.16 bits per heavy atom. The molecule has 9 N–H and O–H groups in total. The predicted molar refractivity (Wildman–Crippen MR) is 183 cm³/mol. The third-order valence-corrected chi connectivity index (χ3v) is 7.10. The summed E-state index contributed by atoms with van der Waals surface area (Å²) in [5.74, 6) is -0.427. The summed E-state index contributed by atoms with van der Waals surface area (Å²) < 4.78 is 49.6. The van der Waals surface area contributed by atoms with Crippen LogP contribution in [-0.2, 0) is 57.0 Å². The second kappa shape index (κ2) is 32.8. The van der Waals surface area contributed by atoms with Crippen LogP contribution >= 0.6 is 0 Å². The van der Waals surface area contributed by atoms with Crippen molar-refractivity contribution in [3.63, 3.8) is 0 Å². The molecule has 1 atom stereocenters. The highest BCUT2D eigenvalue weighted by molar-refractivity contribution is 5.76. The van der Waals surface area contributed by atoms with E-state index in [0.29, 0.717) is 138 Å². The highest BCUT2D eigenvalue weighted by atomic mass is 16.5. The molecule has 18 heteroatoms. The Hall–Kier alpha value is -2.07. The van der Waals surface area contributed by atoms with Crippen LogP contribution in [0.3, 0.4) is 0 Å². The number of hydrogen-bond donors (Lipinski definition) is 6. The van der Waals surface area contributed by atoms with Gasteiger partial charge in [-0.25, -0.2) is 0 Å². The van der Waals surface area contributed by atoms with Gasteiger partial charge < -0.3 is 75.8 Å². The molecule has 18 nitrogen and oxygen atoms in total. The summed E-state index contributed by atoms with van der Waals surface area (Å²) in [5, 5.41) is 8.39. The molecule has 0 radical (unpaired) electrons. The second-order valence-electron chi connectivity index (χ2n) is 11.4. The first kappa shape index (κ1) is 46.0. The molecule has 1 aliphatic rings. The zero-order valence-corrected chi connectivity index (χ0v) is 29.8. The third-order valence-electron chi connectivity index (χ3n) is 7.10. The SMILES string of the molecule is NCCOCCOCCNC(=O)CCOCC1(COCCC(=O)NCCOCCOCCN)CC1OCCC(=O)NCCOCCOCCN. The Kier molecular flexibility index (Phi) is 30.2. The van der Waals surface area contributed by atoms with Crippen LogP contribution in [0.2, 0.25) is 0 Å². The maximum absolute atomic E-state index is 12.2. The van der Waals surface area contributed by atoms with Crippen molar-refractivity contribution in [2.45, 2.75) is 31.8 Å². The van der Waals surface area contributed by atoms with Gasteiger partial charge in [-0.05, 0) is 6.42 Å². The van der Waals surface area contributed by atoms with E-state index in [2.05, 4.69) is 16.0 Å². The van der Waals surface area contributed by atoms with E-state index in [1.165, 1.54) is 0 Å². The van der Waals surface area contributed by atoms with E-state index in [4.69, 9.17) is 59.8 Å². The van der Waals surface area contributed by atoms with Crippen molar-refractivity contribution in [1.29, 1.82) is 0 Å². The summed E-state index contributed by atoms with van der Waals surface area (Å²) >= 11 is 0. The fourth-order valence-corrected chi connectivity index (χ4v) is 4.33. The van der Waals surface area contributed by atoms with Crippen LogP contribution in [0.25, 0.3) is 0 Å². The summed E-state index contributed by atoms with van der Waals surface area (Å²) in [6.07, 6.45) is 1.08. The minimum Gasteiger partial charge on any atom is -0.380 e. The van der Waals surface area contributed by atoms with Crippen LogP contribution in [0.15, 0.2) is 0 Å². The van der Waals surface area contributed by atoms with Crippen LogP contribution in [0.4, 0.5) is 0 Å².